The van der Waals surface area contributed by atoms with Gasteiger partial charge in [0.15, 0.2) is 0 Å². The van der Waals surface area contributed by atoms with Gasteiger partial charge in [0.05, 0.1) is 5.69 Å². The van der Waals surface area contributed by atoms with Crippen LogP contribution in [-0.2, 0) is 10.0 Å². The maximum Gasteiger partial charge on any atom is 0.242 e. The van der Waals surface area contributed by atoms with Gasteiger partial charge in [0.1, 0.15) is 4.90 Å². The van der Waals surface area contributed by atoms with E-state index < -0.39 is 10.0 Å². The Kier molecular flexibility index (Phi) is 5.01. The molecule has 1 aromatic carbocycles. The maximum absolute atomic E-state index is 12.0. The monoisotopic (exact) mass is 297 g/mol. The van der Waals surface area contributed by atoms with Gasteiger partial charge in [-0.2, -0.15) is 0 Å². The molecule has 20 heavy (non-hydrogen) atoms. The summed E-state index contributed by atoms with van der Waals surface area (Å²) in [7, 11) is -1.98. The van der Waals surface area contributed by atoms with Crippen molar-refractivity contribution in [1.29, 1.82) is 0 Å². The zero-order valence-corrected chi connectivity index (χ0v) is 12.9. The van der Waals surface area contributed by atoms with Crippen LogP contribution in [0.25, 0.3) is 0 Å². The van der Waals surface area contributed by atoms with Crippen LogP contribution >= 0.6 is 0 Å². The fourth-order valence-electron chi connectivity index (χ4n) is 2.58. The van der Waals surface area contributed by atoms with E-state index in [1.165, 1.54) is 13.5 Å². The van der Waals surface area contributed by atoms with Crippen molar-refractivity contribution in [3.8, 4) is 0 Å². The molecule has 0 aliphatic carbocycles. The number of rotatable bonds is 6. The molecule has 1 fully saturated rings. The Morgan fingerprint density at radius 1 is 1.35 bits per heavy atom. The molecule has 1 aliphatic rings. The third kappa shape index (κ3) is 3.50. The Balaban J connectivity index is 2.04. The molecule has 0 aromatic heterocycles. The summed E-state index contributed by atoms with van der Waals surface area (Å²) in [5.41, 5.74) is 0.678. The summed E-state index contributed by atoms with van der Waals surface area (Å²) in [6, 6.07) is 7.03. The van der Waals surface area contributed by atoms with Crippen LogP contribution in [0.4, 0.5) is 5.69 Å². The molecule has 0 radical (unpaired) electrons. The molecular weight excluding hydrogens is 274 g/mol. The number of hydrogen-bond donors (Lipinski definition) is 2. The van der Waals surface area contributed by atoms with Crippen LogP contribution in [0, 0.1) is 5.92 Å². The minimum Gasteiger partial charge on any atom is -0.384 e. The van der Waals surface area contributed by atoms with Crippen molar-refractivity contribution in [3.05, 3.63) is 24.3 Å². The second-order valence-electron chi connectivity index (χ2n) is 5.13. The first-order valence-electron chi connectivity index (χ1n) is 7.05. The third-order valence-corrected chi connectivity index (χ3v) is 5.32. The first-order valence-corrected chi connectivity index (χ1v) is 8.54. The quantitative estimate of drug-likeness (QED) is 0.832. The van der Waals surface area contributed by atoms with E-state index in [4.69, 9.17) is 0 Å². The van der Waals surface area contributed by atoms with Crippen molar-refractivity contribution in [2.45, 2.75) is 18.2 Å². The van der Waals surface area contributed by atoms with Gasteiger partial charge in [-0.1, -0.05) is 19.1 Å². The molecule has 0 saturated carbocycles. The highest BCUT2D eigenvalue weighted by Gasteiger charge is 2.22. The minimum atomic E-state index is -3.41. The zero-order chi connectivity index (χ0) is 14.6. The van der Waals surface area contributed by atoms with Crippen molar-refractivity contribution in [2.75, 3.05) is 38.5 Å². The van der Waals surface area contributed by atoms with E-state index in [9.17, 15) is 8.42 Å². The molecule has 6 heteroatoms. The van der Waals surface area contributed by atoms with Gasteiger partial charge in [-0.3, -0.25) is 0 Å². The molecule has 0 bridgehead atoms. The number of benzene rings is 1. The molecule has 1 aromatic rings. The molecule has 2 rings (SSSR count). The number of nitrogens with zero attached hydrogens (tertiary/aromatic N) is 1. The van der Waals surface area contributed by atoms with Crippen molar-refractivity contribution in [2.24, 2.45) is 5.92 Å². The smallest absolute Gasteiger partial charge is 0.242 e. The summed E-state index contributed by atoms with van der Waals surface area (Å²) in [5, 5.41) is 3.29. The zero-order valence-electron chi connectivity index (χ0n) is 12.1. The Labute approximate surface area is 121 Å². The molecule has 2 N–H and O–H groups in total. The normalized spacial score (nSPS) is 20.2. The highest BCUT2D eigenvalue weighted by atomic mass is 32.2. The highest BCUT2D eigenvalue weighted by Crippen LogP contribution is 2.22. The molecule has 5 nitrogen and oxygen atoms in total. The largest absolute Gasteiger partial charge is 0.384 e. The average Bonchev–Trinajstić information content (AvgIpc) is 2.93. The topological polar surface area (TPSA) is 61.4 Å². The Morgan fingerprint density at radius 2 is 2.10 bits per heavy atom. The van der Waals surface area contributed by atoms with Crippen molar-refractivity contribution in [3.63, 3.8) is 0 Å². The molecule has 1 unspecified atom stereocenters. The van der Waals surface area contributed by atoms with E-state index in [-0.39, 0.29) is 0 Å². The van der Waals surface area contributed by atoms with Gasteiger partial charge in [-0.05, 0) is 44.6 Å². The van der Waals surface area contributed by atoms with Gasteiger partial charge >= 0.3 is 0 Å². The lowest BCUT2D eigenvalue weighted by Gasteiger charge is -2.16. The van der Waals surface area contributed by atoms with Gasteiger partial charge < -0.3 is 10.2 Å². The number of hydrogen-bond acceptors (Lipinski definition) is 4. The van der Waals surface area contributed by atoms with Crippen molar-refractivity contribution < 1.29 is 8.42 Å². The van der Waals surface area contributed by atoms with E-state index in [2.05, 4.69) is 21.9 Å². The van der Waals surface area contributed by atoms with Crippen LogP contribution in [-0.4, -0.2) is 46.5 Å². The summed E-state index contributed by atoms with van der Waals surface area (Å²) in [4.78, 5) is 2.73. The molecule has 112 valence electrons. The standard InChI is InChI=1S/C14H23N3O2S/c1-3-17-9-8-12(11-17)10-16-13-6-4-5-7-14(13)20(18,19)15-2/h4-7,12,15-16H,3,8-11H2,1-2H3. The van der Waals surface area contributed by atoms with Crippen LogP contribution in [0.15, 0.2) is 29.2 Å². The Morgan fingerprint density at radius 3 is 2.75 bits per heavy atom. The van der Waals surface area contributed by atoms with E-state index in [1.54, 1.807) is 12.1 Å². The summed E-state index contributed by atoms with van der Waals surface area (Å²) in [6.07, 6.45) is 1.17. The number of nitrogens with one attached hydrogen (secondary N) is 2. The molecule has 1 aliphatic heterocycles. The predicted molar refractivity (Wildman–Crippen MR) is 81.4 cm³/mol. The van der Waals surface area contributed by atoms with Gasteiger partial charge in [0.25, 0.3) is 0 Å². The van der Waals surface area contributed by atoms with Crippen molar-refractivity contribution in [1.82, 2.24) is 9.62 Å². The van der Waals surface area contributed by atoms with Crippen LogP contribution in [0.3, 0.4) is 0 Å². The van der Waals surface area contributed by atoms with Gasteiger partial charge in [-0.15, -0.1) is 0 Å². The fourth-order valence-corrected chi connectivity index (χ4v) is 3.49. The third-order valence-electron chi connectivity index (χ3n) is 3.84. The Bertz CT molecular complexity index is 545. The van der Waals surface area contributed by atoms with Gasteiger partial charge in [0, 0.05) is 13.1 Å². The van der Waals surface area contributed by atoms with Crippen LogP contribution < -0.4 is 10.0 Å². The molecule has 1 heterocycles. The number of sulfonamides is 1. The maximum atomic E-state index is 12.0. The van der Waals surface area contributed by atoms with Gasteiger partial charge in [-0.25, -0.2) is 13.1 Å². The van der Waals surface area contributed by atoms with E-state index in [0.29, 0.717) is 16.5 Å². The summed E-state index contributed by atoms with van der Waals surface area (Å²) >= 11 is 0. The Hall–Kier alpha value is -1.11. The number of anilines is 1. The second kappa shape index (κ2) is 6.56. The lowest BCUT2D eigenvalue weighted by atomic mass is 10.1. The molecule has 0 amide bonds. The summed E-state index contributed by atoms with van der Waals surface area (Å²) in [6.45, 7) is 6.29. The lowest BCUT2D eigenvalue weighted by molar-refractivity contribution is 0.345. The number of likely N-dealkylation sites (tertiary alicyclic amines) is 1. The van der Waals surface area contributed by atoms with Crippen LogP contribution in [0.2, 0.25) is 0 Å². The van der Waals surface area contributed by atoms with Crippen LogP contribution in [0.1, 0.15) is 13.3 Å². The minimum absolute atomic E-state index is 0.313. The summed E-state index contributed by atoms with van der Waals surface area (Å²) < 4.78 is 26.3. The first kappa shape index (κ1) is 15.3. The van der Waals surface area contributed by atoms with Crippen molar-refractivity contribution >= 4 is 15.7 Å². The van der Waals surface area contributed by atoms with E-state index >= 15 is 0 Å². The highest BCUT2D eigenvalue weighted by molar-refractivity contribution is 7.89. The van der Waals surface area contributed by atoms with Gasteiger partial charge in [0.2, 0.25) is 10.0 Å². The molecule has 1 atom stereocenters. The lowest BCUT2D eigenvalue weighted by Crippen LogP contribution is -2.24. The molecule has 1 saturated heterocycles. The molecule has 0 spiro atoms. The number of para-hydroxylation sites is 1. The first-order chi connectivity index (χ1) is 9.56. The molecular formula is C14H23N3O2S. The summed E-state index contributed by atoms with van der Waals surface area (Å²) in [5.74, 6) is 0.584. The SMILES string of the molecule is CCN1CCC(CNc2ccccc2S(=O)(=O)NC)C1. The average molecular weight is 297 g/mol. The van der Waals surface area contributed by atoms with E-state index in [1.807, 2.05) is 12.1 Å². The fraction of sp³-hybridized carbons (Fsp3) is 0.571. The van der Waals surface area contributed by atoms with Crippen LogP contribution in [0.5, 0.6) is 0 Å². The van der Waals surface area contributed by atoms with E-state index in [0.717, 1.165) is 26.2 Å². The second-order valence-corrected chi connectivity index (χ2v) is 6.99. The predicted octanol–water partition coefficient (Wildman–Crippen LogP) is 1.35.